The van der Waals surface area contributed by atoms with Crippen molar-refractivity contribution in [3.63, 3.8) is 0 Å². The fourth-order valence-corrected chi connectivity index (χ4v) is 2.50. The van der Waals surface area contributed by atoms with Gasteiger partial charge in [0, 0.05) is 4.90 Å². The van der Waals surface area contributed by atoms with Crippen LogP contribution in [0.2, 0.25) is 0 Å². The van der Waals surface area contributed by atoms with E-state index < -0.39 is 0 Å². The Balaban J connectivity index is 2.79. The van der Waals surface area contributed by atoms with E-state index in [1.807, 2.05) is 11.8 Å². The Bertz CT molecular complexity index is 506. The molecule has 2 aromatic rings. The van der Waals surface area contributed by atoms with Crippen LogP contribution in [0.3, 0.4) is 0 Å². The second-order valence-electron chi connectivity index (χ2n) is 5.15. The highest BCUT2D eigenvalue weighted by atomic mass is 32.2. The molecule has 0 radical (unpaired) electrons. The third-order valence-electron chi connectivity index (χ3n) is 2.88. The number of fused-ring (bicyclic) bond motifs is 1. The lowest BCUT2D eigenvalue weighted by atomic mass is 9.84. The zero-order valence-corrected chi connectivity index (χ0v) is 11.2. The topological polar surface area (TPSA) is 0 Å². The molecule has 0 aliphatic carbocycles. The van der Waals surface area contributed by atoms with Gasteiger partial charge in [0.15, 0.2) is 0 Å². The monoisotopic (exact) mass is 230 g/mol. The summed E-state index contributed by atoms with van der Waals surface area (Å²) in [5.74, 6) is 0. The maximum atomic E-state index is 2.33. The fraction of sp³-hybridized carbons (Fsp3) is 0.333. The van der Waals surface area contributed by atoms with Crippen LogP contribution in [-0.2, 0) is 5.41 Å². The van der Waals surface area contributed by atoms with Gasteiger partial charge in [0.2, 0.25) is 0 Å². The standard InChI is InChI=1S/C15H18S/c1-15(2,3)14-10-12(16-4)9-11-7-5-6-8-13(11)14/h5-10H,1-4H3. The third-order valence-corrected chi connectivity index (χ3v) is 3.59. The highest BCUT2D eigenvalue weighted by Crippen LogP contribution is 2.33. The molecule has 0 saturated carbocycles. The van der Waals surface area contributed by atoms with Gasteiger partial charge >= 0.3 is 0 Å². The van der Waals surface area contributed by atoms with Crippen LogP contribution in [0.25, 0.3) is 10.8 Å². The largest absolute Gasteiger partial charge is 0.130 e. The molecule has 0 N–H and O–H groups in total. The molecule has 0 bridgehead atoms. The summed E-state index contributed by atoms with van der Waals surface area (Å²) in [4.78, 5) is 1.35. The predicted molar refractivity (Wildman–Crippen MR) is 74.4 cm³/mol. The van der Waals surface area contributed by atoms with Gasteiger partial charge < -0.3 is 0 Å². The van der Waals surface area contributed by atoms with Gasteiger partial charge in [-0.25, -0.2) is 0 Å². The number of hydrogen-bond acceptors (Lipinski definition) is 1. The summed E-state index contributed by atoms with van der Waals surface area (Å²) in [6.07, 6.45) is 2.14. The Morgan fingerprint density at radius 3 is 2.31 bits per heavy atom. The zero-order valence-electron chi connectivity index (χ0n) is 10.4. The quantitative estimate of drug-likeness (QED) is 0.630. The number of rotatable bonds is 1. The Kier molecular flexibility index (Phi) is 2.98. The molecule has 0 spiro atoms. The van der Waals surface area contributed by atoms with Crippen molar-refractivity contribution in [3.8, 4) is 0 Å². The molecule has 2 rings (SSSR count). The van der Waals surface area contributed by atoms with E-state index in [0.29, 0.717) is 0 Å². The number of thioether (sulfide) groups is 1. The van der Waals surface area contributed by atoms with Crippen LogP contribution in [-0.4, -0.2) is 6.26 Å². The molecule has 0 nitrogen and oxygen atoms in total. The van der Waals surface area contributed by atoms with Crippen LogP contribution in [0.5, 0.6) is 0 Å². The lowest BCUT2D eigenvalue weighted by molar-refractivity contribution is 0.594. The van der Waals surface area contributed by atoms with E-state index in [1.54, 1.807) is 0 Å². The smallest absolute Gasteiger partial charge is 0.00784 e. The van der Waals surface area contributed by atoms with E-state index in [1.165, 1.54) is 21.2 Å². The predicted octanol–water partition coefficient (Wildman–Crippen LogP) is 4.86. The fourth-order valence-electron chi connectivity index (χ4n) is 2.02. The summed E-state index contributed by atoms with van der Waals surface area (Å²) in [5, 5.41) is 2.73. The van der Waals surface area contributed by atoms with Crippen LogP contribution in [0, 0.1) is 0 Å². The molecule has 16 heavy (non-hydrogen) atoms. The van der Waals surface area contributed by atoms with E-state index in [-0.39, 0.29) is 5.41 Å². The minimum Gasteiger partial charge on any atom is -0.130 e. The SMILES string of the molecule is CSc1cc(C(C)(C)C)c2ccccc2c1. The molecule has 0 unspecified atom stereocenters. The van der Waals surface area contributed by atoms with Gasteiger partial charge in [-0.3, -0.25) is 0 Å². The van der Waals surface area contributed by atoms with Crippen molar-refractivity contribution < 1.29 is 0 Å². The van der Waals surface area contributed by atoms with Crippen molar-refractivity contribution in [1.82, 2.24) is 0 Å². The molecule has 0 aromatic heterocycles. The molecular formula is C15H18S. The van der Waals surface area contributed by atoms with E-state index >= 15 is 0 Å². The van der Waals surface area contributed by atoms with E-state index in [9.17, 15) is 0 Å². The maximum absolute atomic E-state index is 2.33. The summed E-state index contributed by atoms with van der Waals surface area (Å²) < 4.78 is 0. The van der Waals surface area contributed by atoms with Gasteiger partial charge in [0.25, 0.3) is 0 Å². The van der Waals surface area contributed by atoms with Gasteiger partial charge in [-0.15, -0.1) is 11.8 Å². The molecule has 84 valence electrons. The first kappa shape index (κ1) is 11.5. The van der Waals surface area contributed by atoms with Crippen LogP contribution in [0.4, 0.5) is 0 Å². The third kappa shape index (κ3) is 2.10. The molecule has 0 atom stereocenters. The lowest BCUT2D eigenvalue weighted by Crippen LogP contribution is -2.11. The maximum Gasteiger partial charge on any atom is 0.00784 e. The highest BCUT2D eigenvalue weighted by molar-refractivity contribution is 7.98. The van der Waals surface area contributed by atoms with Crippen molar-refractivity contribution in [1.29, 1.82) is 0 Å². The Morgan fingerprint density at radius 1 is 1.00 bits per heavy atom. The summed E-state index contributed by atoms with van der Waals surface area (Å²) in [6, 6.07) is 13.3. The number of benzene rings is 2. The number of hydrogen-bond donors (Lipinski definition) is 0. The van der Waals surface area contributed by atoms with Gasteiger partial charge in [0.1, 0.15) is 0 Å². The first-order valence-corrected chi connectivity index (χ1v) is 6.82. The summed E-state index contributed by atoms with van der Waals surface area (Å²) in [5.41, 5.74) is 1.64. The van der Waals surface area contributed by atoms with E-state index in [0.717, 1.165) is 0 Å². The van der Waals surface area contributed by atoms with Crippen molar-refractivity contribution in [3.05, 3.63) is 42.0 Å². The second-order valence-corrected chi connectivity index (χ2v) is 6.03. The molecular weight excluding hydrogens is 212 g/mol. The molecule has 0 saturated heterocycles. The van der Waals surface area contributed by atoms with Gasteiger partial charge in [-0.05, 0) is 40.1 Å². The molecule has 0 heterocycles. The Labute approximate surface area is 102 Å². The van der Waals surface area contributed by atoms with E-state index in [4.69, 9.17) is 0 Å². The molecule has 0 aliphatic heterocycles. The van der Waals surface area contributed by atoms with Gasteiger partial charge in [-0.1, -0.05) is 45.0 Å². The minimum atomic E-state index is 0.200. The van der Waals surface area contributed by atoms with Crippen molar-refractivity contribution >= 4 is 22.5 Å². The van der Waals surface area contributed by atoms with E-state index in [2.05, 4.69) is 63.4 Å². The van der Waals surface area contributed by atoms with Crippen LogP contribution < -0.4 is 0 Å². The molecule has 0 fully saturated rings. The Morgan fingerprint density at radius 2 is 1.69 bits per heavy atom. The Hall–Kier alpha value is -0.950. The molecule has 0 aliphatic rings. The van der Waals surface area contributed by atoms with Gasteiger partial charge in [-0.2, -0.15) is 0 Å². The summed E-state index contributed by atoms with van der Waals surface area (Å²) in [7, 11) is 0. The molecule has 2 aromatic carbocycles. The van der Waals surface area contributed by atoms with Crippen LogP contribution in [0.1, 0.15) is 26.3 Å². The average Bonchev–Trinajstić information content (AvgIpc) is 2.26. The second kappa shape index (κ2) is 4.14. The normalized spacial score (nSPS) is 12.0. The summed E-state index contributed by atoms with van der Waals surface area (Å²) in [6.45, 7) is 6.83. The van der Waals surface area contributed by atoms with Crippen molar-refractivity contribution in [2.75, 3.05) is 6.26 Å². The van der Waals surface area contributed by atoms with Crippen LogP contribution >= 0.6 is 11.8 Å². The molecule has 0 amide bonds. The van der Waals surface area contributed by atoms with Crippen molar-refractivity contribution in [2.24, 2.45) is 0 Å². The summed E-state index contributed by atoms with van der Waals surface area (Å²) >= 11 is 1.81. The van der Waals surface area contributed by atoms with Gasteiger partial charge in [0.05, 0.1) is 0 Å². The minimum absolute atomic E-state index is 0.200. The highest BCUT2D eigenvalue weighted by Gasteiger charge is 2.17. The zero-order chi connectivity index (χ0) is 11.8. The average molecular weight is 230 g/mol. The lowest BCUT2D eigenvalue weighted by Gasteiger charge is -2.22. The first-order valence-electron chi connectivity index (χ1n) is 5.59. The van der Waals surface area contributed by atoms with Crippen LogP contribution in [0.15, 0.2) is 41.3 Å². The van der Waals surface area contributed by atoms with Crippen molar-refractivity contribution in [2.45, 2.75) is 31.1 Å². The first-order chi connectivity index (χ1) is 7.52. The molecule has 1 heteroatoms.